The zero-order valence-electron chi connectivity index (χ0n) is 13.8. The Hall–Kier alpha value is -3.67. The minimum atomic E-state index is -0.942. The third-order valence-electron chi connectivity index (χ3n) is 4.14. The molecule has 0 amide bonds. The summed E-state index contributed by atoms with van der Waals surface area (Å²) in [5.74, 6) is -0.942. The molecule has 0 bridgehead atoms. The van der Waals surface area contributed by atoms with Gasteiger partial charge in [0.05, 0.1) is 16.4 Å². The van der Waals surface area contributed by atoms with Gasteiger partial charge in [-0.15, -0.1) is 4.70 Å². The standard InChI is InChI=1S/C20H14N4O2/c25-20(26)15-9-7-14(8-10-15)19-13-24(23-22-19)17-5-3-4-16(12-17)18-6-1-2-11-21-18/h1-12H,13H2/p+1. The first-order valence-electron chi connectivity index (χ1n) is 8.11. The molecule has 2 heterocycles. The molecule has 1 aliphatic rings. The molecule has 0 atom stereocenters. The first kappa shape index (κ1) is 15.8. The van der Waals surface area contributed by atoms with Crippen LogP contribution in [0.5, 0.6) is 0 Å². The Labute approximate surface area is 149 Å². The molecule has 1 aliphatic heterocycles. The maximum Gasteiger partial charge on any atom is 0.335 e. The number of hydrogen-bond acceptors (Lipinski definition) is 4. The summed E-state index contributed by atoms with van der Waals surface area (Å²) < 4.78 is 1.81. The number of carbonyl (C=O) groups is 1. The third-order valence-corrected chi connectivity index (χ3v) is 4.14. The van der Waals surface area contributed by atoms with Gasteiger partial charge in [-0.1, -0.05) is 18.2 Å². The SMILES string of the molecule is O=C(O)c1ccc(C2=NN=[N+](c3cccc(-c4ccccn4)c3)C2)cc1. The molecule has 0 saturated carbocycles. The lowest BCUT2D eigenvalue weighted by Crippen LogP contribution is -2.11. The lowest BCUT2D eigenvalue weighted by Gasteiger charge is -2.03. The lowest BCUT2D eigenvalue weighted by molar-refractivity contribution is -0.492. The minimum absolute atomic E-state index is 0.254. The first-order valence-corrected chi connectivity index (χ1v) is 8.11. The van der Waals surface area contributed by atoms with E-state index in [4.69, 9.17) is 5.11 Å². The highest BCUT2D eigenvalue weighted by Crippen LogP contribution is 2.24. The van der Waals surface area contributed by atoms with Crippen LogP contribution in [0.2, 0.25) is 0 Å². The van der Waals surface area contributed by atoms with E-state index >= 15 is 0 Å². The third kappa shape index (κ3) is 3.12. The van der Waals surface area contributed by atoms with Gasteiger partial charge in [0, 0.05) is 17.3 Å². The maximum atomic E-state index is 11.0. The van der Waals surface area contributed by atoms with Crippen molar-refractivity contribution in [2.45, 2.75) is 0 Å². The van der Waals surface area contributed by atoms with E-state index in [-0.39, 0.29) is 5.56 Å². The fourth-order valence-electron chi connectivity index (χ4n) is 2.77. The predicted molar refractivity (Wildman–Crippen MR) is 96.8 cm³/mol. The number of aromatic carboxylic acids is 1. The molecule has 0 spiro atoms. The summed E-state index contributed by atoms with van der Waals surface area (Å²) in [6.45, 7) is 0.526. The second kappa shape index (κ2) is 6.68. The van der Waals surface area contributed by atoms with Gasteiger partial charge in [-0.2, -0.15) is 0 Å². The number of carboxylic acid groups (broad SMARTS) is 1. The molecule has 3 aromatic rings. The lowest BCUT2D eigenvalue weighted by atomic mass is 10.1. The maximum absolute atomic E-state index is 11.0. The molecule has 6 heteroatoms. The van der Waals surface area contributed by atoms with Gasteiger partial charge < -0.3 is 5.11 Å². The van der Waals surface area contributed by atoms with E-state index in [1.165, 1.54) is 0 Å². The van der Waals surface area contributed by atoms with E-state index in [2.05, 4.69) is 15.3 Å². The van der Waals surface area contributed by atoms with Crippen molar-refractivity contribution >= 4 is 17.4 Å². The Morgan fingerprint density at radius 3 is 2.54 bits per heavy atom. The number of rotatable bonds is 4. The molecule has 0 unspecified atom stereocenters. The van der Waals surface area contributed by atoms with Crippen molar-refractivity contribution in [3.05, 3.63) is 84.1 Å². The molecular weight excluding hydrogens is 328 g/mol. The van der Waals surface area contributed by atoms with E-state index in [9.17, 15) is 4.79 Å². The summed E-state index contributed by atoms with van der Waals surface area (Å²) in [4.78, 5) is 15.3. The highest BCUT2D eigenvalue weighted by molar-refractivity contribution is 6.02. The molecule has 2 aromatic carbocycles. The van der Waals surface area contributed by atoms with Gasteiger partial charge in [0.1, 0.15) is 5.22 Å². The van der Waals surface area contributed by atoms with Gasteiger partial charge in [0.2, 0.25) is 5.71 Å². The van der Waals surface area contributed by atoms with Crippen LogP contribution in [0.1, 0.15) is 15.9 Å². The van der Waals surface area contributed by atoms with Crippen molar-refractivity contribution < 1.29 is 14.6 Å². The van der Waals surface area contributed by atoms with Gasteiger partial charge in [0.15, 0.2) is 12.2 Å². The Bertz CT molecular complexity index is 1030. The van der Waals surface area contributed by atoms with Crippen molar-refractivity contribution in [3.63, 3.8) is 0 Å². The molecule has 6 nitrogen and oxygen atoms in total. The number of pyridine rings is 1. The van der Waals surface area contributed by atoms with Crippen LogP contribution in [-0.2, 0) is 0 Å². The van der Waals surface area contributed by atoms with Crippen molar-refractivity contribution in [2.75, 3.05) is 6.54 Å². The summed E-state index contributed by atoms with van der Waals surface area (Å²) in [5.41, 5.74) is 4.75. The average Bonchev–Trinajstić information content (AvgIpc) is 3.19. The van der Waals surface area contributed by atoms with Crippen LogP contribution in [0.3, 0.4) is 0 Å². The van der Waals surface area contributed by atoms with Crippen LogP contribution >= 0.6 is 0 Å². The molecule has 0 radical (unpaired) electrons. The van der Waals surface area contributed by atoms with Crippen molar-refractivity contribution in [1.82, 2.24) is 4.98 Å². The van der Waals surface area contributed by atoms with Gasteiger partial charge in [0.25, 0.3) is 0 Å². The van der Waals surface area contributed by atoms with Crippen LogP contribution in [0.25, 0.3) is 11.3 Å². The summed E-state index contributed by atoms with van der Waals surface area (Å²) in [6.07, 6.45) is 1.77. The van der Waals surface area contributed by atoms with Crippen LogP contribution in [0.4, 0.5) is 5.69 Å². The van der Waals surface area contributed by atoms with Crippen LogP contribution in [0, 0.1) is 0 Å². The molecule has 4 rings (SSSR count). The normalized spacial score (nSPS) is 13.2. The van der Waals surface area contributed by atoms with Crippen molar-refractivity contribution in [3.8, 4) is 11.3 Å². The second-order valence-electron chi connectivity index (χ2n) is 5.84. The van der Waals surface area contributed by atoms with E-state index in [1.54, 1.807) is 30.5 Å². The Morgan fingerprint density at radius 1 is 0.962 bits per heavy atom. The molecule has 26 heavy (non-hydrogen) atoms. The number of nitrogens with zero attached hydrogens (tertiary/aromatic N) is 4. The topological polar surface area (TPSA) is 77.9 Å². The van der Waals surface area contributed by atoms with E-state index in [1.807, 2.05) is 47.2 Å². The quantitative estimate of drug-likeness (QED) is 0.728. The zero-order valence-corrected chi connectivity index (χ0v) is 13.8. The van der Waals surface area contributed by atoms with Crippen LogP contribution in [0.15, 0.2) is 83.3 Å². The molecule has 1 aromatic heterocycles. The van der Waals surface area contributed by atoms with Gasteiger partial charge >= 0.3 is 5.97 Å². The highest BCUT2D eigenvalue weighted by Gasteiger charge is 2.24. The van der Waals surface area contributed by atoms with Crippen LogP contribution in [-0.4, -0.2) is 33.0 Å². The summed E-state index contributed by atoms with van der Waals surface area (Å²) in [6, 6.07) is 20.4. The largest absolute Gasteiger partial charge is 0.478 e. The summed E-state index contributed by atoms with van der Waals surface area (Å²) in [5, 5.41) is 17.5. The Kier molecular flexibility index (Phi) is 4.07. The molecule has 1 N–H and O–H groups in total. The first-order chi connectivity index (χ1) is 12.7. The monoisotopic (exact) mass is 343 g/mol. The molecular formula is C20H15N4O2+. The average molecular weight is 343 g/mol. The number of carboxylic acids is 1. The molecule has 0 aliphatic carbocycles. The number of hydrogen-bond donors (Lipinski definition) is 1. The number of benzene rings is 2. The second-order valence-corrected chi connectivity index (χ2v) is 5.84. The number of aromatic nitrogens is 1. The molecule has 126 valence electrons. The minimum Gasteiger partial charge on any atom is -0.478 e. The van der Waals surface area contributed by atoms with Crippen LogP contribution < -0.4 is 0 Å². The van der Waals surface area contributed by atoms with E-state index < -0.39 is 5.97 Å². The van der Waals surface area contributed by atoms with Crippen molar-refractivity contribution in [2.24, 2.45) is 10.3 Å². The fourth-order valence-corrected chi connectivity index (χ4v) is 2.77. The van der Waals surface area contributed by atoms with E-state index in [0.717, 1.165) is 28.2 Å². The predicted octanol–water partition coefficient (Wildman–Crippen LogP) is 3.96. The summed E-state index contributed by atoms with van der Waals surface area (Å²) in [7, 11) is 0. The Balaban J connectivity index is 1.54. The highest BCUT2D eigenvalue weighted by atomic mass is 16.4. The van der Waals surface area contributed by atoms with Gasteiger partial charge in [-0.05, 0) is 48.5 Å². The van der Waals surface area contributed by atoms with Gasteiger partial charge in [-0.25, -0.2) is 4.79 Å². The zero-order chi connectivity index (χ0) is 17.9. The fraction of sp³-hybridized carbons (Fsp3) is 0.0500. The van der Waals surface area contributed by atoms with Gasteiger partial charge in [-0.3, -0.25) is 4.98 Å². The van der Waals surface area contributed by atoms with E-state index in [0.29, 0.717) is 6.54 Å². The smallest absolute Gasteiger partial charge is 0.335 e. The Morgan fingerprint density at radius 2 is 1.81 bits per heavy atom. The molecule has 0 fully saturated rings. The summed E-state index contributed by atoms with van der Waals surface area (Å²) >= 11 is 0. The van der Waals surface area contributed by atoms with Crippen molar-refractivity contribution in [1.29, 1.82) is 0 Å². The molecule has 0 saturated heterocycles.